The van der Waals surface area contributed by atoms with Crippen LogP contribution in [0.2, 0.25) is 0 Å². The molecule has 0 N–H and O–H groups in total. The zero-order chi connectivity index (χ0) is 18.8. The molecule has 0 saturated heterocycles. The minimum atomic E-state index is 0.290. The second-order valence-electron chi connectivity index (χ2n) is 9.20. The van der Waals surface area contributed by atoms with Gasteiger partial charge in [-0.2, -0.15) is 0 Å². The molecule has 2 heteroatoms. The predicted molar refractivity (Wildman–Crippen MR) is 118 cm³/mol. The van der Waals surface area contributed by atoms with Gasteiger partial charge >= 0.3 is 0 Å². The van der Waals surface area contributed by atoms with Gasteiger partial charge in [-0.1, -0.05) is 64.1 Å². The number of pyridine rings is 1. The maximum atomic E-state index is 4.75. The lowest BCUT2D eigenvalue weighted by Gasteiger charge is -2.46. The first kappa shape index (κ1) is 16.9. The number of aromatic nitrogens is 1. The van der Waals surface area contributed by atoms with Crippen molar-refractivity contribution < 1.29 is 0 Å². The molecule has 1 nitrogen and oxygen atoms in total. The highest BCUT2D eigenvalue weighted by Gasteiger charge is 2.42. The fraction of sp³-hybridized carbons (Fsp3) is 0.320. The number of nitrogens with zero attached hydrogens (tertiary/aromatic N) is 1. The van der Waals surface area contributed by atoms with Crippen LogP contribution in [0.25, 0.3) is 31.4 Å². The smallest absolute Gasteiger partial charge is 0.0880 e. The summed E-state index contributed by atoms with van der Waals surface area (Å²) in [4.78, 5) is 4.75. The summed E-state index contributed by atoms with van der Waals surface area (Å²) in [5, 5.41) is 2.84. The molecule has 2 aromatic carbocycles. The van der Waals surface area contributed by atoms with E-state index >= 15 is 0 Å². The number of rotatable bonds is 1. The summed E-state index contributed by atoms with van der Waals surface area (Å²) in [6.45, 7) is 9.70. The Hall–Kier alpha value is -2.19. The van der Waals surface area contributed by atoms with Crippen molar-refractivity contribution >= 4 is 31.5 Å². The maximum Gasteiger partial charge on any atom is 0.0880 e. The summed E-state index contributed by atoms with van der Waals surface area (Å²) < 4.78 is 2.71. The van der Waals surface area contributed by atoms with E-state index in [-0.39, 0.29) is 5.41 Å². The van der Waals surface area contributed by atoms with Gasteiger partial charge in [0, 0.05) is 27.2 Å². The third-order valence-electron chi connectivity index (χ3n) is 6.89. The van der Waals surface area contributed by atoms with Crippen LogP contribution in [0.15, 0.2) is 54.7 Å². The Bertz CT molecular complexity index is 1170. The van der Waals surface area contributed by atoms with Gasteiger partial charge in [0.1, 0.15) is 0 Å². The average Bonchev–Trinajstić information content (AvgIpc) is 3.02. The van der Waals surface area contributed by atoms with Crippen molar-refractivity contribution in [3.63, 3.8) is 0 Å². The summed E-state index contributed by atoms with van der Waals surface area (Å²) in [5.41, 5.74) is 6.01. The van der Waals surface area contributed by atoms with Crippen molar-refractivity contribution in [2.24, 2.45) is 10.8 Å². The van der Waals surface area contributed by atoms with Crippen LogP contribution in [0.4, 0.5) is 0 Å². The van der Waals surface area contributed by atoms with Gasteiger partial charge in [0.25, 0.3) is 0 Å². The molecular weight excluding hydrogens is 346 g/mol. The Morgan fingerprint density at radius 2 is 1.59 bits per heavy atom. The van der Waals surface area contributed by atoms with Gasteiger partial charge in [-0.3, -0.25) is 4.98 Å². The highest BCUT2D eigenvalue weighted by Crippen LogP contribution is 2.51. The van der Waals surface area contributed by atoms with Gasteiger partial charge in [-0.15, -0.1) is 11.3 Å². The van der Waals surface area contributed by atoms with Crippen molar-refractivity contribution in [3.8, 4) is 11.3 Å². The lowest BCUT2D eigenvalue weighted by atomic mass is 9.58. The lowest BCUT2D eigenvalue weighted by Crippen LogP contribution is -2.40. The summed E-state index contributed by atoms with van der Waals surface area (Å²) in [6, 6.07) is 17.5. The van der Waals surface area contributed by atoms with Crippen LogP contribution in [0.3, 0.4) is 0 Å². The zero-order valence-corrected chi connectivity index (χ0v) is 17.3. The quantitative estimate of drug-likeness (QED) is 0.343. The molecule has 4 aromatic rings. The van der Waals surface area contributed by atoms with Crippen LogP contribution in [-0.2, 0) is 12.8 Å². The molecule has 0 atom stereocenters. The molecule has 1 aliphatic rings. The number of benzene rings is 2. The number of hydrogen-bond donors (Lipinski definition) is 0. The fourth-order valence-corrected chi connectivity index (χ4v) is 5.71. The summed E-state index contributed by atoms with van der Waals surface area (Å²) in [5.74, 6) is 0. The van der Waals surface area contributed by atoms with Gasteiger partial charge in [0.05, 0.1) is 10.4 Å². The monoisotopic (exact) mass is 371 g/mol. The average molecular weight is 372 g/mol. The highest BCUT2D eigenvalue weighted by atomic mass is 32.1. The van der Waals surface area contributed by atoms with Crippen LogP contribution in [-0.4, -0.2) is 4.98 Å². The summed E-state index contributed by atoms with van der Waals surface area (Å²) in [7, 11) is 0. The molecule has 2 heterocycles. The molecule has 0 fully saturated rings. The van der Waals surface area contributed by atoms with E-state index in [2.05, 4.69) is 76.2 Å². The van der Waals surface area contributed by atoms with E-state index in [1.165, 1.54) is 31.3 Å². The maximum absolute atomic E-state index is 4.75. The van der Waals surface area contributed by atoms with Gasteiger partial charge in [0.15, 0.2) is 0 Å². The van der Waals surface area contributed by atoms with E-state index in [9.17, 15) is 0 Å². The van der Waals surface area contributed by atoms with Gasteiger partial charge in [-0.25, -0.2) is 0 Å². The Labute approximate surface area is 165 Å². The standard InChI is InChI=1S/C25H25NS/c1-24(2)14-17-10-11-20-21(19(17)15-25(24,3)4)18-12-13-26-22(23(18)27-20)16-8-6-5-7-9-16/h5-13H,14-15H2,1-4H3. The molecule has 0 radical (unpaired) electrons. The first-order valence-electron chi connectivity index (χ1n) is 9.75. The Morgan fingerprint density at radius 3 is 2.37 bits per heavy atom. The Balaban J connectivity index is 1.82. The first-order chi connectivity index (χ1) is 12.9. The van der Waals surface area contributed by atoms with Crippen LogP contribution < -0.4 is 0 Å². The molecule has 0 bridgehead atoms. The molecule has 1 aliphatic carbocycles. The molecule has 27 heavy (non-hydrogen) atoms. The second kappa shape index (κ2) is 5.65. The van der Waals surface area contributed by atoms with E-state index in [1.54, 1.807) is 5.56 Å². The molecular formula is C25H25NS. The van der Waals surface area contributed by atoms with Crippen LogP contribution >= 0.6 is 11.3 Å². The summed E-state index contributed by atoms with van der Waals surface area (Å²) in [6.07, 6.45) is 4.27. The largest absolute Gasteiger partial charge is 0.255 e. The second-order valence-corrected chi connectivity index (χ2v) is 10.3. The minimum absolute atomic E-state index is 0.290. The Kier molecular flexibility index (Phi) is 3.55. The molecule has 0 unspecified atom stereocenters. The third-order valence-corrected chi connectivity index (χ3v) is 8.07. The number of hydrogen-bond acceptors (Lipinski definition) is 2. The van der Waals surface area contributed by atoms with E-state index < -0.39 is 0 Å². The molecule has 5 rings (SSSR count). The van der Waals surface area contributed by atoms with Gasteiger partial charge in [-0.05, 0) is 46.9 Å². The molecule has 0 spiro atoms. The summed E-state index contributed by atoms with van der Waals surface area (Å²) >= 11 is 1.89. The predicted octanol–water partition coefficient (Wildman–Crippen LogP) is 7.27. The zero-order valence-electron chi connectivity index (χ0n) is 16.5. The van der Waals surface area contributed by atoms with Crippen LogP contribution in [0.5, 0.6) is 0 Å². The van der Waals surface area contributed by atoms with Crippen molar-refractivity contribution in [2.75, 3.05) is 0 Å². The van der Waals surface area contributed by atoms with E-state index in [4.69, 9.17) is 4.98 Å². The number of thiophene rings is 1. The highest BCUT2D eigenvalue weighted by molar-refractivity contribution is 7.26. The third kappa shape index (κ3) is 2.46. The molecule has 0 saturated carbocycles. The first-order valence-corrected chi connectivity index (χ1v) is 10.6. The van der Waals surface area contributed by atoms with Crippen molar-refractivity contribution in [3.05, 3.63) is 65.9 Å². The SMILES string of the molecule is CC1(C)Cc2ccc3sc4c(-c5ccccc5)nccc4c3c2CC1(C)C. The van der Waals surface area contributed by atoms with Gasteiger partial charge in [0.2, 0.25) is 0 Å². The minimum Gasteiger partial charge on any atom is -0.255 e. The molecule has 0 amide bonds. The van der Waals surface area contributed by atoms with Gasteiger partial charge < -0.3 is 0 Å². The normalized spacial score (nSPS) is 17.9. The lowest BCUT2D eigenvalue weighted by molar-refractivity contribution is 0.0973. The fourth-order valence-electron chi connectivity index (χ4n) is 4.47. The van der Waals surface area contributed by atoms with E-state index in [1.807, 2.05) is 17.5 Å². The topological polar surface area (TPSA) is 12.9 Å². The number of fused-ring (bicyclic) bond motifs is 5. The van der Waals surface area contributed by atoms with E-state index in [0.717, 1.165) is 18.5 Å². The molecule has 2 aromatic heterocycles. The van der Waals surface area contributed by atoms with Crippen LogP contribution in [0.1, 0.15) is 38.8 Å². The molecule has 0 aliphatic heterocycles. The van der Waals surface area contributed by atoms with Crippen molar-refractivity contribution in [1.29, 1.82) is 0 Å². The molecule has 136 valence electrons. The van der Waals surface area contributed by atoms with Crippen LogP contribution in [0, 0.1) is 10.8 Å². The van der Waals surface area contributed by atoms with Crippen molar-refractivity contribution in [1.82, 2.24) is 4.98 Å². The van der Waals surface area contributed by atoms with E-state index in [0.29, 0.717) is 5.41 Å². The Morgan fingerprint density at radius 1 is 0.852 bits per heavy atom. The van der Waals surface area contributed by atoms with Crippen molar-refractivity contribution in [2.45, 2.75) is 40.5 Å².